The lowest BCUT2D eigenvalue weighted by Crippen LogP contribution is -2.32. The van der Waals surface area contributed by atoms with Crippen LogP contribution in [0.1, 0.15) is 34.6 Å². The van der Waals surface area contributed by atoms with Crippen molar-refractivity contribution in [2.24, 2.45) is 0 Å². The van der Waals surface area contributed by atoms with Crippen LogP contribution in [0.25, 0.3) is 0 Å². The zero-order chi connectivity index (χ0) is 17.2. The highest BCUT2D eigenvalue weighted by molar-refractivity contribution is 6.11. The molecule has 3 aromatic rings. The van der Waals surface area contributed by atoms with E-state index in [0.29, 0.717) is 0 Å². The first-order valence-electron chi connectivity index (χ1n) is 8.46. The second-order valence-corrected chi connectivity index (χ2v) is 6.03. The number of nitrogens with one attached hydrogen (secondary N) is 1. The minimum Gasteiger partial charge on any atom is -0.361 e. The molecule has 1 aromatic heterocycles. The fourth-order valence-electron chi connectivity index (χ4n) is 3.34. The average Bonchev–Trinajstić information content (AvgIpc) is 2.95. The molecule has 0 saturated heterocycles. The van der Waals surface area contributed by atoms with Crippen molar-refractivity contribution in [2.45, 2.75) is 19.5 Å². The summed E-state index contributed by atoms with van der Waals surface area (Å²) < 4.78 is 0. The number of hydrogen-bond donors (Lipinski definition) is 1. The van der Waals surface area contributed by atoms with E-state index in [1.165, 1.54) is 5.56 Å². The molecule has 4 rings (SSSR count). The molecule has 0 radical (unpaired) electrons. The molecule has 0 unspecified atom stereocenters. The Morgan fingerprint density at radius 2 is 1.84 bits per heavy atom. The molecule has 4 heteroatoms. The van der Waals surface area contributed by atoms with E-state index in [1.807, 2.05) is 48.5 Å². The van der Waals surface area contributed by atoms with E-state index in [4.69, 9.17) is 0 Å². The van der Waals surface area contributed by atoms with Gasteiger partial charge in [0.05, 0.1) is 11.9 Å². The fraction of sp³-hybridized carbons (Fsp3) is 0.143. The van der Waals surface area contributed by atoms with Crippen LogP contribution < -0.4 is 10.2 Å². The Hall–Kier alpha value is -3.14. The van der Waals surface area contributed by atoms with Gasteiger partial charge in [0.2, 0.25) is 0 Å². The Morgan fingerprint density at radius 3 is 2.64 bits per heavy atom. The minimum atomic E-state index is -0.249. The van der Waals surface area contributed by atoms with Crippen molar-refractivity contribution < 1.29 is 4.79 Å². The zero-order valence-corrected chi connectivity index (χ0v) is 14.0. The lowest BCUT2D eigenvalue weighted by Gasteiger charge is -2.27. The van der Waals surface area contributed by atoms with Crippen molar-refractivity contribution in [2.75, 3.05) is 10.2 Å². The van der Waals surface area contributed by atoms with E-state index in [9.17, 15) is 4.79 Å². The Labute approximate surface area is 147 Å². The minimum absolute atomic E-state index is 0.00456. The normalized spacial score (nSPS) is 16.0. The molecule has 2 heterocycles. The predicted octanol–water partition coefficient (Wildman–Crippen LogP) is 4.42. The molecule has 1 aliphatic rings. The molecule has 124 valence electrons. The van der Waals surface area contributed by atoms with Gasteiger partial charge in [0.15, 0.2) is 0 Å². The number of aromatic nitrogens is 1. The van der Waals surface area contributed by atoms with Crippen LogP contribution in [0.2, 0.25) is 0 Å². The van der Waals surface area contributed by atoms with Gasteiger partial charge in [-0.2, -0.15) is 0 Å². The Kier molecular flexibility index (Phi) is 3.94. The smallest absolute Gasteiger partial charge is 0.260 e. The maximum absolute atomic E-state index is 13.0. The lowest BCUT2D eigenvalue weighted by molar-refractivity contribution is 0.0993. The summed E-state index contributed by atoms with van der Waals surface area (Å²) >= 11 is 0. The third kappa shape index (κ3) is 2.66. The molecule has 1 aliphatic heterocycles. The van der Waals surface area contributed by atoms with Crippen LogP contribution in [0.15, 0.2) is 73.1 Å². The van der Waals surface area contributed by atoms with Crippen LogP contribution >= 0.6 is 0 Å². The van der Waals surface area contributed by atoms with Gasteiger partial charge in [0.1, 0.15) is 6.17 Å². The number of hydrogen-bond acceptors (Lipinski definition) is 3. The topological polar surface area (TPSA) is 45.2 Å². The molecule has 0 aliphatic carbocycles. The molecule has 1 N–H and O–H groups in total. The van der Waals surface area contributed by atoms with Crippen LogP contribution in [0.5, 0.6) is 0 Å². The number of fused-ring (bicyclic) bond motifs is 1. The van der Waals surface area contributed by atoms with Crippen LogP contribution in [-0.4, -0.2) is 10.9 Å². The van der Waals surface area contributed by atoms with Crippen LogP contribution in [0.3, 0.4) is 0 Å². The number of anilines is 2. The van der Waals surface area contributed by atoms with Crippen molar-refractivity contribution in [1.82, 2.24) is 4.98 Å². The van der Waals surface area contributed by atoms with Gasteiger partial charge in [-0.3, -0.25) is 14.7 Å². The molecule has 1 amide bonds. The summed E-state index contributed by atoms with van der Waals surface area (Å²) in [6, 6.07) is 19.8. The second-order valence-electron chi connectivity index (χ2n) is 6.03. The molecule has 0 saturated carbocycles. The largest absolute Gasteiger partial charge is 0.361 e. The average molecular weight is 329 g/mol. The first kappa shape index (κ1) is 15.4. The standard InChI is InChI=1S/C21H19N3O/c1-2-15-8-3-6-12-19(15)23-20-17-10-4-5-11-18(17)21(25)24(20)16-9-7-13-22-14-16/h3-14,20,23H,2H2,1H3/t20-/m0/s1. The number of nitrogens with zero attached hydrogens (tertiary/aromatic N) is 2. The van der Waals surface area contributed by atoms with Gasteiger partial charge in [-0.25, -0.2) is 0 Å². The van der Waals surface area contributed by atoms with Crippen molar-refractivity contribution in [1.29, 1.82) is 0 Å². The molecular weight excluding hydrogens is 310 g/mol. The number of carbonyl (C=O) groups excluding carboxylic acids is 1. The molecule has 0 spiro atoms. The summed E-state index contributed by atoms with van der Waals surface area (Å²) in [5.41, 5.74) is 4.79. The third-order valence-corrected chi connectivity index (χ3v) is 4.58. The van der Waals surface area contributed by atoms with E-state index in [2.05, 4.69) is 29.4 Å². The van der Waals surface area contributed by atoms with Gasteiger partial charge >= 0.3 is 0 Å². The molecular formula is C21H19N3O. The quantitative estimate of drug-likeness (QED) is 0.771. The van der Waals surface area contributed by atoms with Crippen LogP contribution in [0, 0.1) is 0 Å². The van der Waals surface area contributed by atoms with Gasteiger partial charge in [-0.05, 0) is 36.2 Å². The monoisotopic (exact) mass is 329 g/mol. The van der Waals surface area contributed by atoms with Crippen LogP contribution in [-0.2, 0) is 6.42 Å². The summed E-state index contributed by atoms with van der Waals surface area (Å²) in [5.74, 6) is -0.00456. The number of aryl methyl sites for hydroxylation is 1. The number of para-hydroxylation sites is 1. The summed E-state index contributed by atoms with van der Waals surface area (Å²) in [7, 11) is 0. The number of benzene rings is 2. The highest BCUT2D eigenvalue weighted by atomic mass is 16.2. The van der Waals surface area contributed by atoms with E-state index in [1.54, 1.807) is 17.3 Å². The Morgan fingerprint density at radius 1 is 1.04 bits per heavy atom. The first-order valence-corrected chi connectivity index (χ1v) is 8.46. The number of amides is 1. The van der Waals surface area contributed by atoms with Crippen LogP contribution in [0.4, 0.5) is 11.4 Å². The van der Waals surface area contributed by atoms with Gasteiger partial charge in [0.25, 0.3) is 5.91 Å². The van der Waals surface area contributed by atoms with E-state index >= 15 is 0 Å². The summed E-state index contributed by atoms with van der Waals surface area (Å²) in [4.78, 5) is 19.0. The van der Waals surface area contributed by atoms with Gasteiger partial charge in [-0.1, -0.05) is 43.3 Å². The highest BCUT2D eigenvalue weighted by Gasteiger charge is 2.37. The maximum atomic E-state index is 13.0. The van der Waals surface area contributed by atoms with E-state index in [0.717, 1.165) is 28.9 Å². The number of pyridine rings is 1. The Bertz CT molecular complexity index is 908. The van der Waals surface area contributed by atoms with E-state index in [-0.39, 0.29) is 12.1 Å². The SMILES string of the molecule is CCc1ccccc1N[C@@H]1c2ccccc2C(=O)N1c1cccnc1. The number of rotatable bonds is 4. The second kappa shape index (κ2) is 6.40. The molecule has 25 heavy (non-hydrogen) atoms. The van der Waals surface area contributed by atoms with Crippen molar-refractivity contribution in [3.63, 3.8) is 0 Å². The predicted molar refractivity (Wildman–Crippen MR) is 99.7 cm³/mol. The Balaban J connectivity index is 1.80. The summed E-state index contributed by atoms with van der Waals surface area (Å²) in [6.45, 7) is 2.13. The first-order chi connectivity index (χ1) is 12.3. The lowest BCUT2D eigenvalue weighted by atomic mass is 10.1. The third-order valence-electron chi connectivity index (χ3n) is 4.58. The van der Waals surface area contributed by atoms with Gasteiger partial charge in [-0.15, -0.1) is 0 Å². The van der Waals surface area contributed by atoms with Gasteiger partial charge in [0, 0.05) is 23.0 Å². The molecule has 4 nitrogen and oxygen atoms in total. The molecule has 1 atom stereocenters. The highest BCUT2D eigenvalue weighted by Crippen LogP contribution is 2.38. The maximum Gasteiger partial charge on any atom is 0.260 e. The zero-order valence-electron chi connectivity index (χ0n) is 14.0. The number of carbonyl (C=O) groups is 1. The summed E-state index contributed by atoms with van der Waals surface area (Å²) in [6.07, 6.45) is 4.12. The van der Waals surface area contributed by atoms with Crippen molar-refractivity contribution >= 4 is 17.3 Å². The van der Waals surface area contributed by atoms with Crippen molar-refractivity contribution in [3.05, 3.63) is 89.7 Å². The molecule has 2 aromatic carbocycles. The molecule has 0 bridgehead atoms. The van der Waals surface area contributed by atoms with Crippen molar-refractivity contribution in [3.8, 4) is 0 Å². The summed E-state index contributed by atoms with van der Waals surface area (Å²) in [5, 5.41) is 3.57. The van der Waals surface area contributed by atoms with Gasteiger partial charge < -0.3 is 5.32 Å². The molecule has 0 fully saturated rings. The fourth-order valence-corrected chi connectivity index (χ4v) is 3.34. The van der Waals surface area contributed by atoms with E-state index < -0.39 is 0 Å².